The summed E-state index contributed by atoms with van der Waals surface area (Å²) in [7, 11) is 0. The van der Waals surface area contributed by atoms with Gasteiger partial charge in [-0.2, -0.15) is 5.26 Å². The number of nitriles is 1. The summed E-state index contributed by atoms with van der Waals surface area (Å²) in [5.74, 6) is 0.292. The predicted octanol–water partition coefficient (Wildman–Crippen LogP) is 3.60. The maximum atomic E-state index is 8.93. The average Bonchev–Trinajstić information content (AvgIpc) is 2.42. The van der Waals surface area contributed by atoms with Gasteiger partial charge in [0.05, 0.1) is 6.07 Å². The van der Waals surface area contributed by atoms with Gasteiger partial charge in [-0.25, -0.2) is 0 Å². The van der Waals surface area contributed by atoms with Gasteiger partial charge in [0.15, 0.2) is 0 Å². The Morgan fingerprint density at radius 3 is 2.35 bits per heavy atom. The third-order valence-corrected chi connectivity index (χ3v) is 3.75. The molecule has 90 valence electrons. The van der Waals surface area contributed by atoms with Gasteiger partial charge in [-0.15, -0.1) is 0 Å². The highest BCUT2D eigenvalue weighted by Crippen LogP contribution is 2.29. The van der Waals surface area contributed by atoms with Gasteiger partial charge < -0.3 is 4.90 Å². The van der Waals surface area contributed by atoms with Crippen molar-refractivity contribution in [2.45, 2.75) is 38.6 Å². The van der Waals surface area contributed by atoms with E-state index in [2.05, 4.69) is 48.2 Å². The molecule has 0 heterocycles. The van der Waals surface area contributed by atoms with Gasteiger partial charge in [0.2, 0.25) is 0 Å². The van der Waals surface area contributed by atoms with Crippen LogP contribution in [-0.4, -0.2) is 12.6 Å². The summed E-state index contributed by atoms with van der Waals surface area (Å²) >= 11 is 0. The third-order valence-electron chi connectivity index (χ3n) is 3.75. The Balaban J connectivity index is 2.03. The van der Waals surface area contributed by atoms with Gasteiger partial charge in [0.1, 0.15) is 0 Å². The van der Waals surface area contributed by atoms with Crippen molar-refractivity contribution < 1.29 is 0 Å². The Bertz CT molecular complexity index is 372. The highest BCUT2D eigenvalue weighted by atomic mass is 15.2. The standard InChI is InChI=1S/C15H20N2/c1-2-17(14-6-4-3-5-7-14)15-10-8-13(12-16)9-11-15/h3-7,13,15H,2,8-11H2,1H3. The van der Waals surface area contributed by atoms with Crippen molar-refractivity contribution in [1.82, 2.24) is 0 Å². The van der Waals surface area contributed by atoms with Crippen LogP contribution in [0.4, 0.5) is 5.69 Å². The van der Waals surface area contributed by atoms with E-state index in [1.165, 1.54) is 5.69 Å². The molecule has 0 bridgehead atoms. The molecule has 0 spiro atoms. The first-order valence-electron chi connectivity index (χ1n) is 6.56. The summed E-state index contributed by atoms with van der Waals surface area (Å²) in [5, 5.41) is 8.93. The fraction of sp³-hybridized carbons (Fsp3) is 0.533. The van der Waals surface area contributed by atoms with Crippen molar-refractivity contribution in [3.05, 3.63) is 30.3 Å². The smallest absolute Gasteiger partial charge is 0.0655 e. The number of benzene rings is 1. The second kappa shape index (κ2) is 5.72. The summed E-state index contributed by atoms with van der Waals surface area (Å²) in [5.41, 5.74) is 1.32. The van der Waals surface area contributed by atoms with Crippen molar-refractivity contribution >= 4 is 5.69 Å². The largest absolute Gasteiger partial charge is 0.369 e. The molecule has 1 aromatic rings. The summed E-state index contributed by atoms with van der Waals surface area (Å²) in [6.45, 7) is 3.26. The zero-order chi connectivity index (χ0) is 12.1. The lowest BCUT2D eigenvalue weighted by molar-refractivity contribution is 0.366. The van der Waals surface area contributed by atoms with Crippen LogP contribution in [0.1, 0.15) is 32.6 Å². The first-order chi connectivity index (χ1) is 8.35. The van der Waals surface area contributed by atoms with Crippen molar-refractivity contribution in [2.24, 2.45) is 5.92 Å². The van der Waals surface area contributed by atoms with E-state index < -0.39 is 0 Å². The molecule has 0 aliphatic heterocycles. The van der Waals surface area contributed by atoms with E-state index in [1.807, 2.05) is 0 Å². The number of para-hydroxylation sites is 1. The van der Waals surface area contributed by atoms with Crippen LogP contribution in [0.25, 0.3) is 0 Å². The fourth-order valence-electron chi connectivity index (χ4n) is 2.79. The van der Waals surface area contributed by atoms with Crippen LogP contribution < -0.4 is 4.90 Å². The Morgan fingerprint density at radius 1 is 1.18 bits per heavy atom. The Morgan fingerprint density at radius 2 is 1.82 bits per heavy atom. The lowest BCUT2D eigenvalue weighted by Crippen LogP contribution is -2.37. The van der Waals surface area contributed by atoms with Gasteiger partial charge in [-0.3, -0.25) is 0 Å². The van der Waals surface area contributed by atoms with Crippen LogP contribution >= 0.6 is 0 Å². The summed E-state index contributed by atoms with van der Waals surface area (Å²) in [6.07, 6.45) is 4.43. The van der Waals surface area contributed by atoms with Crippen molar-refractivity contribution in [1.29, 1.82) is 5.26 Å². The predicted molar refractivity (Wildman–Crippen MR) is 70.8 cm³/mol. The molecule has 2 nitrogen and oxygen atoms in total. The summed E-state index contributed by atoms with van der Waals surface area (Å²) in [4.78, 5) is 2.48. The first-order valence-corrected chi connectivity index (χ1v) is 6.56. The van der Waals surface area contributed by atoms with E-state index in [-0.39, 0.29) is 0 Å². The van der Waals surface area contributed by atoms with E-state index >= 15 is 0 Å². The average molecular weight is 228 g/mol. The molecular formula is C15H20N2. The van der Waals surface area contributed by atoms with Gasteiger partial charge in [0, 0.05) is 24.2 Å². The topological polar surface area (TPSA) is 27.0 Å². The molecule has 0 aromatic heterocycles. The van der Waals surface area contributed by atoms with E-state index in [1.54, 1.807) is 0 Å². The Labute approximate surface area is 104 Å². The molecule has 0 radical (unpaired) electrons. The molecule has 1 saturated carbocycles. The van der Waals surface area contributed by atoms with Crippen molar-refractivity contribution in [3.8, 4) is 6.07 Å². The lowest BCUT2D eigenvalue weighted by Gasteiger charge is -2.36. The SMILES string of the molecule is CCN(c1ccccc1)C1CCC(C#N)CC1. The number of anilines is 1. The molecule has 1 aliphatic rings. The Hall–Kier alpha value is -1.49. The van der Waals surface area contributed by atoms with Crippen molar-refractivity contribution in [2.75, 3.05) is 11.4 Å². The van der Waals surface area contributed by atoms with Crippen LogP contribution in [0, 0.1) is 17.2 Å². The minimum absolute atomic E-state index is 0.292. The molecule has 17 heavy (non-hydrogen) atoms. The maximum absolute atomic E-state index is 8.93. The molecule has 1 aromatic carbocycles. The Kier molecular flexibility index (Phi) is 4.03. The molecule has 0 amide bonds. The molecule has 0 atom stereocenters. The van der Waals surface area contributed by atoms with E-state index in [0.29, 0.717) is 12.0 Å². The highest BCUT2D eigenvalue weighted by molar-refractivity contribution is 5.47. The number of rotatable bonds is 3. The monoisotopic (exact) mass is 228 g/mol. The van der Waals surface area contributed by atoms with Crippen LogP contribution in [-0.2, 0) is 0 Å². The van der Waals surface area contributed by atoms with Gasteiger partial charge in [-0.05, 0) is 44.7 Å². The summed E-state index contributed by atoms with van der Waals surface area (Å²) < 4.78 is 0. The van der Waals surface area contributed by atoms with Gasteiger partial charge in [0.25, 0.3) is 0 Å². The molecule has 2 heteroatoms. The molecular weight excluding hydrogens is 208 g/mol. The van der Waals surface area contributed by atoms with Crippen molar-refractivity contribution in [3.63, 3.8) is 0 Å². The van der Waals surface area contributed by atoms with E-state index in [9.17, 15) is 0 Å². The van der Waals surface area contributed by atoms with Crippen LogP contribution in [0.5, 0.6) is 0 Å². The van der Waals surface area contributed by atoms with Crippen LogP contribution in [0.3, 0.4) is 0 Å². The quantitative estimate of drug-likeness (QED) is 0.790. The fourth-order valence-corrected chi connectivity index (χ4v) is 2.79. The molecule has 0 unspecified atom stereocenters. The number of nitrogens with zero attached hydrogens (tertiary/aromatic N) is 2. The third kappa shape index (κ3) is 2.79. The second-order valence-electron chi connectivity index (χ2n) is 4.76. The van der Waals surface area contributed by atoms with Gasteiger partial charge >= 0.3 is 0 Å². The first kappa shape index (κ1) is 12.0. The minimum atomic E-state index is 0.292. The normalized spacial score (nSPS) is 24.0. The van der Waals surface area contributed by atoms with E-state index in [4.69, 9.17) is 5.26 Å². The number of hydrogen-bond acceptors (Lipinski definition) is 2. The van der Waals surface area contributed by atoms with Crippen LogP contribution in [0.15, 0.2) is 30.3 Å². The van der Waals surface area contributed by atoms with E-state index in [0.717, 1.165) is 32.2 Å². The molecule has 0 N–H and O–H groups in total. The highest BCUT2D eigenvalue weighted by Gasteiger charge is 2.24. The molecule has 2 rings (SSSR count). The second-order valence-corrected chi connectivity index (χ2v) is 4.76. The zero-order valence-corrected chi connectivity index (χ0v) is 10.5. The molecule has 1 aliphatic carbocycles. The minimum Gasteiger partial charge on any atom is -0.369 e. The maximum Gasteiger partial charge on any atom is 0.0655 e. The lowest BCUT2D eigenvalue weighted by atomic mass is 9.86. The zero-order valence-electron chi connectivity index (χ0n) is 10.5. The summed E-state index contributed by atoms with van der Waals surface area (Å²) in [6, 6.07) is 13.6. The van der Waals surface area contributed by atoms with Gasteiger partial charge in [-0.1, -0.05) is 18.2 Å². The molecule has 0 saturated heterocycles. The van der Waals surface area contributed by atoms with Crippen LogP contribution in [0.2, 0.25) is 0 Å². The number of hydrogen-bond donors (Lipinski definition) is 0. The molecule has 1 fully saturated rings.